The van der Waals surface area contributed by atoms with E-state index in [2.05, 4.69) is 4.99 Å². The lowest BCUT2D eigenvalue weighted by atomic mass is 9.75. The first-order valence-electron chi connectivity index (χ1n) is 9.63. The lowest BCUT2D eigenvalue weighted by molar-refractivity contribution is -0.144. The molecule has 0 bridgehead atoms. The summed E-state index contributed by atoms with van der Waals surface area (Å²) >= 11 is 1.43. The number of benzene rings is 1. The van der Waals surface area contributed by atoms with Crippen LogP contribution in [0.3, 0.4) is 0 Å². The second-order valence-electron chi connectivity index (χ2n) is 6.78. The van der Waals surface area contributed by atoms with E-state index in [1.807, 2.05) is 0 Å². The van der Waals surface area contributed by atoms with Crippen LogP contribution in [0.15, 0.2) is 40.5 Å². The number of hydrogen-bond acceptors (Lipinski definition) is 7. The topological polar surface area (TPSA) is 91.0 Å². The summed E-state index contributed by atoms with van der Waals surface area (Å²) in [4.78, 5) is 30.0. The number of hydrogen-bond donors (Lipinski definition) is 1. The van der Waals surface area contributed by atoms with Gasteiger partial charge in [0.25, 0.3) is 0 Å². The summed E-state index contributed by atoms with van der Waals surface area (Å²) in [5, 5.41) is 0. The molecule has 1 aromatic rings. The molecule has 2 N–H and O–H groups in total. The van der Waals surface area contributed by atoms with Gasteiger partial charge in [0.05, 0.1) is 30.6 Å². The summed E-state index contributed by atoms with van der Waals surface area (Å²) in [6.07, 6.45) is -4.58. The molecule has 10 heteroatoms. The van der Waals surface area contributed by atoms with Gasteiger partial charge in [-0.05, 0) is 25.5 Å². The van der Waals surface area contributed by atoms with Crippen LogP contribution in [0.4, 0.5) is 13.2 Å². The number of nitrogens with two attached hydrogens (primary N) is 1. The highest BCUT2D eigenvalue weighted by atomic mass is 32.2. The molecule has 1 aliphatic heterocycles. The molecule has 2 atom stereocenters. The van der Waals surface area contributed by atoms with Crippen LogP contribution in [0.25, 0.3) is 0 Å². The number of nitrogens with zero attached hydrogens (tertiary/aromatic N) is 1. The van der Waals surface area contributed by atoms with Crippen molar-refractivity contribution in [1.29, 1.82) is 0 Å². The van der Waals surface area contributed by atoms with Crippen molar-refractivity contribution in [3.05, 3.63) is 46.7 Å². The molecule has 0 aliphatic carbocycles. The Hall–Kier alpha value is -2.33. The summed E-state index contributed by atoms with van der Waals surface area (Å²) in [5.74, 6) is -2.61. The zero-order chi connectivity index (χ0) is 23.2. The molecule has 1 heterocycles. The number of ether oxygens (including phenoxy) is 2. The quantitative estimate of drug-likeness (QED) is 0.473. The van der Waals surface area contributed by atoms with Gasteiger partial charge in [0.2, 0.25) is 0 Å². The monoisotopic (exact) mass is 458 g/mol. The largest absolute Gasteiger partial charge is 0.468 e. The number of halogens is 3. The number of esters is 2. The van der Waals surface area contributed by atoms with E-state index in [0.717, 1.165) is 12.1 Å². The first kappa shape index (κ1) is 24.9. The van der Waals surface area contributed by atoms with Gasteiger partial charge >= 0.3 is 18.1 Å². The van der Waals surface area contributed by atoms with E-state index in [1.54, 1.807) is 13.8 Å². The molecule has 2 unspecified atom stereocenters. The van der Waals surface area contributed by atoms with Gasteiger partial charge in [0.15, 0.2) is 0 Å². The Morgan fingerprint density at radius 2 is 2.00 bits per heavy atom. The zero-order valence-corrected chi connectivity index (χ0v) is 18.3. The predicted octanol–water partition coefficient (Wildman–Crippen LogP) is 3.56. The van der Waals surface area contributed by atoms with Gasteiger partial charge in [0.1, 0.15) is 5.92 Å². The van der Waals surface area contributed by atoms with Gasteiger partial charge in [-0.25, -0.2) is 4.79 Å². The molecule has 170 valence electrons. The maximum Gasteiger partial charge on any atom is 0.416 e. The molecule has 2 rings (SSSR count). The number of alkyl halides is 3. The molecule has 6 nitrogen and oxygen atoms in total. The minimum atomic E-state index is -4.58. The second-order valence-corrected chi connectivity index (χ2v) is 7.88. The maximum atomic E-state index is 13.4. The van der Waals surface area contributed by atoms with Crippen LogP contribution in [0.1, 0.15) is 30.9 Å². The van der Waals surface area contributed by atoms with Crippen molar-refractivity contribution in [2.24, 2.45) is 16.6 Å². The Balaban J connectivity index is 2.72. The van der Waals surface area contributed by atoms with Crippen LogP contribution in [0, 0.1) is 5.92 Å². The SMILES string of the molecule is CCOC(=O)C1=C(CSCCN)N=C(C)C(C(=O)OC)C1c1cccc(C(F)(F)F)c1. The highest BCUT2D eigenvalue weighted by molar-refractivity contribution is 7.99. The van der Waals surface area contributed by atoms with E-state index in [9.17, 15) is 22.8 Å². The number of rotatable bonds is 8. The van der Waals surface area contributed by atoms with E-state index < -0.39 is 35.5 Å². The normalized spacial score (nSPS) is 19.1. The fraction of sp³-hybridized carbons (Fsp3) is 0.476. The third-order valence-corrected chi connectivity index (χ3v) is 5.74. The second kappa shape index (κ2) is 10.8. The number of carbonyl (C=O) groups is 2. The van der Waals surface area contributed by atoms with Crippen molar-refractivity contribution in [3.63, 3.8) is 0 Å². The van der Waals surface area contributed by atoms with Crippen LogP contribution in [-0.4, -0.2) is 49.4 Å². The minimum Gasteiger partial charge on any atom is -0.468 e. The number of methoxy groups -OCH3 is 1. The average Bonchev–Trinajstić information content (AvgIpc) is 2.72. The van der Waals surface area contributed by atoms with Gasteiger partial charge in [-0.2, -0.15) is 24.9 Å². The van der Waals surface area contributed by atoms with Crippen LogP contribution in [-0.2, 0) is 25.2 Å². The molecule has 0 spiro atoms. The first-order valence-corrected chi connectivity index (χ1v) is 10.8. The lowest BCUT2D eigenvalue weighted by Crippen LogP contribution is -2.37. The summed E-state index contributed by atoms with van der Waals surface area (Å²) in [6, 6.07) is 4.59. The Bertz CT molecular complexity index is 884. The summed E-state index contributed by atoms with van der Waals surface area (Å²) in [7, 11) is 1.18. The van der Waals surface area contributed by atoms with Gasteiger partial charge in [-0.15, -0.1) is 0 Å². The van der Waals surface area contributed by atoms with E-state index in [0.29, 0.717) is 29.5 Å². The minimum absolute atomic E-state index is 0.0618. The van der Waals surface area contributed by atoms with Crippen molar-refractivity contribution >= 4 is 29.4 Å². The molecule has 0 radical (unpaired) electrons. The molecule has 0 aromatic heterocycles. The highest BCUT2D eigenvalue weighted by Gasteiger charge is 2.43. The van der Waals surface area contributed by atoms with Crippen molar-refractivity contribution in [3.8, 4) is 0 Å². The molecule has 0 amide bonds. The van der Waals surface area contributed by atoms with Gasteiger partial charge in [-0.1, -0.05) is 18.2 Å². The average molecular weight is 459 g/mol. The predicted molar refractivity (Wildman–Crippen MR) is 113 cm³/mol. The molecular formula is C21H25F3N2O4S. The third kappa shape index (κ3) is 5.88. The van der Waals surface area contributed by atoms with Gasteiger partial charge < -0.3 is 15.2 Å². The molecule has 0 saturated carbocycles. The Kier molecular flexibility index (Phi) is 8.69. The Morgan fingerprint density at radius 3 is 2.58 bits per heavy atom. The van der Waals surface area contributed by atoms with E-state index >= 15 is 0 Å². The van der Waals surface area contributed by atoms with Crippen molar-refractivity contribution in [2.75, 3.05) is 31.8 Å². The molecular weight excluding hydrogens is 433 g/mol. The van der Waals surface area contributed by atoms with Gasteiger partial charge in [-0.3, -0.25) is 9.79 Å². The van der Waals surface area contributed by atoms with Crippen molar-refractivity contribution in [1.82, 2.24) is 0 Å². The summed E-state index contributed by atoms with van der Waals surface area (Å²) < 4.78 is 50.2. The Morgan fingerprint density at radius 1 is 1.29 bits per heavy atom. The number of carbonyl (C=O) groups excluding carboxylic acids is 2. The van der Waals surface area contributed by atoms with Gasteiger partial charge in [0, 0.05) is 29.7 Å². The standard InChI is InChI=1S/C21H25F3N2O4S/c1-4-30-20(28)18-15(11-31-9-8-25)26-12(2)16(19(27)29-3)17(18)13-6-5-7-14(10-13)21(22,23)24/h5-7,10,16-17H,4,8-9,11,25H2,1-3H3. The van der Waals surface area contributed by atoms with E-state index in [1.165, 1.54) is 31.0 Å². The number of aliphatic imine (C=N–C) groups is 1. The summed E-state index contributed by atoms with van der Waals surface area (Å²) in [5.41, 5.74) is 5.59. The van der Waals surface area contributed by atoms with E-state index in [-0.39, 0.29) is 17.7 Å². The highest BCUT2D eigenvalue weighted by Crippen LogP contribution is 2.42. The fourth-order valence-electron chi connectivity index (χ4n) is 3.45. The van der Waals surface area contributed by atoms with Crippen LogP contribution < -0.4 is 5.73 Å². The molecule has 0 saturated heterocycles. The molecule has 31 heavy (non-hydrogen) atoms. The molecule has 1 aromatic carbocycles. The molecule has 0 fully saturated rings. The molecule has 1 aliphatic rings. The zero-order valence-electron chi connectivity index (χ0n) is 17.5. The first-order chi connectivity index (χ1) is 14.6. The van der Waals surface area contributed by atoms with Crippen LogP contribution in [0.5, 0.6) is 0 Å². The Labute approximate surface area is 183 Å². The van der Waals surface area contributed by atoms with Crippen LogP contribution in [0.2, 0.25) is 0 Å². The van der Waals surface area contributed by atoms with Crippen molar-refractivity contribution < 1.29 is 32.2 Å². The third-order valence-electron chi connectivity index (χ3n) is 4.74. The van der Waals surface area contributed by atoms with Crippen LogP contribution >= 0.6 is 11.8 Å². The maximum absolute atomic E-state index is 13.4. The summed E-state index contributed by atoms with van der Waals surface area (Å²) in [6.45, 7) is 3.69. The number of thioether (sulfide) groups is 1. The van der Waals surface area contributed by atoms with E-state index in [4.69, 9.17) is 15.2 Å². The smallest absolute Gasteiger partial charge is 0.416 e. The fourth-order valence-corrected chi connectivity index (χ4v) is 4.17. The van der Waals surface area contributed by atoms with Crippen molar-refractivity contribution in [2.45, 2.75) is 25.9 Å². The lowest BCUT2D eigenvalue weighted by Gasteiger charge is -2.32.